The van der Waals surface area contributed by atoms with Crippen LogP contribution in [0.15, 0.2) is 55.1 Å². The monoisotopic (exact) mass is 458 g/mol. The van der Waals surface area contributed by atoms with Crippen molar-refractivity contribution in [1.82, 2.24) is 9.80 Å². The molecule has 1 saturated heterocycles. The highest BCUT2D eigenvalue weighted by molar-refractivity contribution is 5.89. The fourth-order valence-corrected chi connectivity index (χ4v) is 4.85. The van der Waals surface area contributed by atoms with Crippen LogP contribution in [0.25, 0.3) is 5.70 Å². The fraction of sp³-hybridized carbons (Fsp3) is 0.400. The Morgan fingerprint density at radius 3 is 2.42 bits per heavy atom. The first kappa shape index (κ1) is 23.2. The smallest absolute Gasteiger partial charge is 0.367 e. The number of nitrogens with zero attached hydrogens (tertiary/aromatic N) is 2. The molecule has 2 unspecified atom stereocenters. The maximum absolute atomic E-state index is 12.7. The van der Waals surface area contributed by atoms with Crippen LogP contribution in [0.1, 0.15) is 42.0 Å². The van der Waals surface area contributed by atoms with Crippen molar-refractivity contribution in [2.45, 2.75) is 37.5 Å². The van der Waals surface area contributed by atoms with Gasteiger partial charge in [-0.15, -0.1) is 0 Å². The van der Waals surface area contributed by atoms with E-state index in [1.807, 2.05) is 19.2 Å². The van der Waals surface area contributed by atoms with Crippen LogP contribution in [0.2, 0.25) is 0 Å². The number of urea groups is 1. The zero-order valence-electron chi connectivity index (χ0n) is 18.6. The zero-order valence-corrected chi connectivity index (χ0v) is 18.6. The van der Waals surface area contributed by atoms with Gasteiger partial charge < -0.3 is 20.9 Å². The number of fused-ring (bicyclic) bond motifs is 1. The molecule has 0 saturated carbocycles. The summed E-state index contributed by atoms with van der Waals surface area (Å²) in [6, 6.07) is 12.7. The number of piperidine rings is 1. The number of nitrogens with one attached hydrogen (secondary N) is 1. The lowest BCUT2D eigenvalue weighted by atomic mass is 9.85. The van der Waals surface area contributed by atoms with E-state index >= 15 is 0 Å². The van der Waals surface area contributed by atoms with Crippen LogP contribution >= 0.6 is 0 Å². The van der Waals surface area contributed by atoms with E-state index in [0.29, 0.717) is 24.7 Å². The number of anilines is 1. The number of amides is 2. The molecule has 0 aromatic heterocycles. The summed E-state index contributed by atoms with van der Waals surface area (Å²) in [7, 11) is 2.05. The molecule has 0 bridgehead atoms. The number of hydrogen-bond acceptors (Lipinski definition) is 3. The van der Waals surface area contributed by atoms with E-state index in [-0.39, 0.29) is 18.1 Å². The van der Waals surface area contributed by atoms with Crippen molar-refractivity contribution in [2.24, 2.45) is 11.7 Å². The maximum Gasteiger partial charge on any atom is 0.416 e. The van der Waals surface area contributed by atoms with E-state index in [2.05, 4.69) is 28.9 Å². The van der Waals surface area contributed by atoms with Crippen molar-refractivity contribution in [3.63, 3.8) is 0 Å². The molecule has 4 rings (SSSR count). The minimum absolute atomic E-state index is 0.00321. The number of carbonyl (C=O) groups excluding carboxylic acids is 1. The second kappa shape index (κ2) is 9.09. The molecule has 2 atom stereocenters. The number of hydrogen-bond donors (Lipinski definition) is 2. The van der Waals surface area contributed by atoms with Gasteiger partial charge in [0, 0.05) is 43.1 Å². The van der Waals surface area contributed by atoms with Gasteiger partial charge in [-0.3, -0.25) is 0 Å². The summed E-state index contributed by atoms with van der Waals surface area (Å²) >= 11 is 0. The maximum atomic E-state index is 12.7. The van der Waals surface area contributed by atoms with Gasteiger partial charge in [0.2, 0.25) is 0 Å². The van der Waals surface area contributed by atoms with Gasteiger partial charge in [-0.1, -0.05) is 30.8 Å². The first-order valence-corrected chi connectivity index (χ1v) is 11.1. The highest BCUT2D eigenvalue weighted by Crippen LogP contribution is 2.42. The summed E-state index contributed by atoms with van der Waals surface area (Å²) in [5, 5.41) is 2.69. The highest BCUT2D eigenvalue weighted by Gasteiger charge is 2.34. The van der Waals surface area contributed by atoms with Crippen LogP contribution in [0.4, 0.5) is 23.7 Å². The van der Waals surface area contributed by atoms with E-state index in [1.54, 1.807) is 4.90 Å². The van der Waals surface area contributed by atoms with Crippen LogP contribution in [-0.4, -0.2) is 42.0 Å². The molecule has 5 nitrogen and oxygen atoms in total. The van der Waals surface area contributed by atoms with E-state index in [4.69, 9.17) is 5.73 Å². The number of halogens is 3. The van der Waals surface area contributed by atoms with Gasteiger partial charge in [0.25, 0.3) is 0 Å². The standard InChI is InChI=1S/C25H29F3N4O/c1-16-20-5-3-4-6-21(20)23(31(16)2)15-22(29)17-11-13-32(14-12-17)24(33)30-19-9-7-18(8-10-19)25(26,27)28/h3-10,17,22-23H,1,11-15,29H2,2H3,(H,30,33). The van der Waals surface area contributed by atoms with Gasteiger partial charge in [-0.2, -0.15) is 13.2 Å². The first-order chi connectivity index (χ1) is 15.6. The van der Waals surface area contributed by atoms with Crippen LogP contribution < -0.4 is 11.1 Å². The minimum Gasteiger partial charge on any atom is -0.367 e. The molecule has 2 amide bonds. The molecule has 0 radical (unpaired) electrons. The van der Waals surface area contributed by atoms with E-state index in [1.165, 1.54) is 23.3 Å². The normalized spacial score (nSPS) is 20.0. The Labute approximate surface area is 192 Å². The van der Waals surface area contributed by atoms with Gasteiger partial charge in [-0.05, 0) is 55.0 Å². The molecule has 0 spiro atoms. The van der Waals surface area contributed by atoms with Crippen molar-refractivity contribution in [3.05, 3.63) is 71.8 Å². The Kier molecular flexibility index (Phi) is 6.38. The number of benzene rings is 2. The van der Waals surface area contributed by atoms with E-state index < -0.39 is 11.7 Å². The van der Waals surface area contributed by atoms with Crippen LogP contribution in [0.3, 0.4) is 0 Å². The second-order valence-electron chi connectivity index (χ2n) is 8.89. The third kappa shape index (κ3) is 4.85. The quantitative estimate of drug-likeness (QED) is 0.652. The third-order valence-corrected chi connectivity index (χ3v) is 6.92. The summed E-state index contributed by atoms with van der Waals surface area (Å²) in [5.41, 5.74) is 9.66. The topological polar surface area (TPSA) is 61.6 Å². The van der Waals surface area contributed by atoms with Crippen LogP contribution in [0.5, 0.6) is 0 Å². The van der Waals surface area contributed by atoms with Crippen molar-refractivity contribution < 1.29 is 18.0 Å². The number of alkyl halides is 3. The fourth-order valence-electron chi connectivity index (χ4n) is 4.85. The van der Waals surface area contributed by atoms with Gasteiger partial charge >= 0.3 is 12.2 Å². The SMILES string of the molecule is C=C1c2ccccc2C(CC(N)C2CCN(C(=O)Nc3ccc(C(F)(F)F)cc3)CC2)N1C. The average molecular weight is 459 g/mol. The third-order valence-electron chi connectivity index (χ3n) is 6.92. The molecule has 176 valence electrons. The molecule has 33 heavy (non-hydrogen) atoms. The average Bonchev–Trinajstić information content (AvgIpc) is 3.04. The van der Waals surface area contributed by atoms with Crippen molar-refractivity contribution >= 4 is 17.4 Å². The Morgan fingerprint density at radius 1 is 1.15 bits per heavy atom. The zero-order chi connectivity index (χ0) is 23.8. The van der Waals surface area contributed by atoms with Gasteiger partial charge in [0.1, 0.15) is 0 Å². The highest BCUT2D eigenvalue weighted by atomic mass is 19.4. The Hall–Kier alpha value is -3.00. The van der Waals surface area contributed by atoms with Gasteiger partial charge in [0.05, 0.1) is 11.6 Å². The summed E-state index contributed by atoms with van der Waals surface area (Å²) < 4.78 is 38.1. The molecule has 1 fully saturated rings. The van der Waals surface area contributed by atoms with Crippen LogP contribution in [0, 0.1) is 5.92 Å². The Morgan fingerprint density at radius 2 is 1.79 bits per heavy atom. The van der Waals surface area contributed by atoms with E-state index in [0.717, 1.165) is 37.1 Å². The number of likely N-dealkylation sites (tertiary alicyclic amines) is 1. The second-order valence-corrected chi connectivity index (χ2v) is 8.89. The van der Waals surface area contributed by atoms with Crippen molar-refractivity contribution in [3.8, 4) is 0 Å². The molecular formula is C25H29F3N4O. The molecule has 2 aromatic rings. The molecule has 8 heteroatoms. The van der Waals surface area contributed by atoms with Gasteiger partial charge in [0.15, 0.2) is 0 Å². The summed E-state index contributed by atoms with van der Waals surface area (Å²) in [6.45, 7) is 5.33. The lowest BCUT2D eigenvalue weighted by Crippen LogP contribution is -2.45. The Bertz CT molecular complexity index is 1010. The number of rotatable bonds is 4. The number of nitrogens with two attached hydrogens (primary N) is 1. The molecule has 2 aliphatic rings. The summed E-state index contributed by atoms with van der Waals surface area (Å²) in [4.78, 5) is 16.5. The predicted molar refractivity (Wildman–Crippen MR) is 123 cm³/mol. The molecule has 2 heterocycles. The van der Waals surface area contributed by atoms with E-state index in [9.17, 15) is 18.0 Å². The number of carbonyl (C=O) groups is 1. The van der Waals surface area contributed by atoms with Crippen molar-refractivity contribution in [2.75, 3.05) is 25.5 Å². The lowest BCUT2D eigenvalue weighted by molar-refractivity contribution is -0.137. The largest absolute Gasteiger partial charge is 0.416 e. The summed E-state index contributed by atoms with van der Waals surface area (Å²) in [6.07, 6.45) is -2.00. The van der Waals surface area contributed by atoms with Gasteiger partial charge in [-0.25, -0.2) is 4.79 Å². The minimum atomic E-state index is -4.40. The lowest BCUT2D eigenvalue weighted by Gasteiger charge is -2.36. The molecular weight excluding hydrogens is 429 g/mol. The first-order valence-electron chi connectivity index (χ1n) is 11.1. The molecule has 2 aliphatic heterocycles. The predicted octanol–water partition coefficient (Wildman–Crippen LogP) is 5.32. The van der Waals surface area contributed by atoms with Crippen molar-refractivity contribution in [1.29, 1.82) is 0 Å². The summed E-state index contributed by atoms with van der Waals surface area (Å²) in [5.74, 6) is 0.301. The molecule has 0 aliphatic carbocycles. The molecule has 2 aromatic carbocycles. The Balaban J connectivity index is 1.30. The van der Waals surface area contributed by atoms with Crippen LogP contribution in [-0.2, 0) is 6.18 Å². The molecule has 3 N–H and O–H groups in total.